The second-order valence-electron chi connectivity index (χ2n) is 8.20. The number of benzene rings is 4. The van der Waals surface area contributed by atoms with Crippen molar-refractivity contribution < 1.29 is 0 Å². The van der Waals surface area contributed by atoms with Crippen LogP contribution in [0.2, 0.25) is 0 Å². The standard InChI is InChI=1S/C29H28N4/c1-4-32(5-2)24-16-17-25-28(19-24)33(23-14-10-7-11-15-23)29-20-26(21(3)18-27(29)31-25)30-22-12-8-6-9-13-22/h6-20H,4-5H2,1-3H3/b30-26+. The third kappa shape index (κ3) is 4.00. The van der Waals surface area contributed by atoms with E-state index in [1.165, 1.54) is 5.69 Å². The van der Waals surface area contributed by atoms with Gasteiger partial charge in [0, 0.05) is 24.5 Å². The van der Waals surface area contributed by atoms with Crippen LogP contribution < -0.4 is 10.3 Å². The summed E-state index contributed by atoms with van der Waals surface area (Å²) in [4.78, 5) is 12.3. The van der Waals surface area contributed by atoms with Crippen molar-refractivity contribution >= 4 is 22.4 Å². The van der Waals surface area contributed by atoms with Crippen LogP contribution in [0.25, 0.3) is 28.1 Å². The summed E-state index contributed by atoms with van der Waals surface area (Å²) in [5.74, 6) is 0. The number of nitrogens with zero attached hydrogens (tertiary/aromatic N) is 4. The van der Waals surface area contributed by atoms with Crippen molar-refractivity contribution in [1.82, 2.24) is 9.55 Å². The predicted molar refractivity (Wildman–Crippen MR) is 138 cm³/mol. The van der Waals surface area contributed by atoms with Gasteiger partial charge >= 0.3 is 0 Å². The van der Waals surface area contributed by atoms with E-state index < -0.39 is 0 Å². The molecule has 0 aromatic heterocycles. The molecule has 0 spiro atoms. The molecule has 0 atom stereocenters. The first-order chi connectivity index (χ1) is 16.2. The monoisotopic (exact) mass is 432 g/mol. The molecule has 4 nitrogen and oxygen atoms in total. The van der Waals surface area contributed by atoms with Crippen LogP contribution in [0, 0.1) is 6.92 Å². The van der Waals surface area contributed by atoms with E-state index in [4.69, 9.17) is 9.98 Å². The fourth-order valence-electron chi connectivity index (χ4n) is 4.39. The maximum atomic E-state index is 5.04. The Labute approximate surface area is 194 Å². The lowest BCUT2D eigenvalue weighted by atomic mass is 10.1. The summed E-state index contributed by atoms with van der Waals surface area (Å²) in [6, 6.07) is 31.5. The minimum Gasteiger partial charge on any atom is -0.372 e. The van der Waals surface area contributed by atoms with Crippen molar-refractivity contribution in [1.29, 1.82) is 0 Å². The molecule has 1 aliphatic carbocycles. The summed E-state index contributed by atoms with van der Waals surface area (Å²) >= 11 is 0. The van der Waals surface area contributed by atoms with Crippen LogP contribution in [0.4, 0.5) is 11.4 Å². The molecular weight excluding hydrogens is 404 g/mol. The molecule has 0 amide bonds. The van der Waals surface area contributed by atoms with Crippen molar-refractivity contribution in [3.63, 3.8) is 0 Å². The number of rotatable bonds is 5. The molecule has 4 heteroatoms. The Hall–Kier alpha value is -3.92. The fourth-order valence-corrected chi connectivity index (χ4v) is 4.39. The quantitative estimate of drug-likeness (QED) is 0.296. The second-order valence-corrected chi connectivity index (χ2v) is 8.20. The highest BCUT2D eigenvalue weighted by Gasteiger charge is 2.16. The van der Waals surface area contributed by atoms with Crippen molar-refractivity contribution in [2.24, 2.45) is 4.99 Å². The van der Waals surface area contributed by atoms with Crippen LogP contribution in [0.1, 0.15) is 19.4 Å². The molecule has 0 bridgehead atoms. The number of anilines is 1. The van der Waals surface area contributed by atoms with Crippen LogP contribution >= 0.6 is 0 Å². The van der Waals surface area contributed by atoms with E-state index in [1.807, 2.05) is 30.3 Å². The van der Waals surface area contributed by atoms with Crippen LogP contribution in [-0.4, -0.2) is 22.6 Å². The van der Waals surface area contributed by atoms with E-state index >= 15 is 0 Å². The molecule has 5 rings (SSSR count). The number of fused-ring (bicyclic) bond motifs is 2. The Morgan fingerprint density at radius 2 is 1.52 bits per heavy atom. The van der Waals surface area contributed by atoms with Gasteiger partial charge in [0.15, 0.2) is 0 Å². The van der Waals surface area contributed by atoms with Gasteiger partial charge < -0.3 is 9.47 Å². The molecule has 0 saturated carbocycles. The number of para-hydroxylation sites is 2. The average Bonchev–Trinajstić information content (AvgIpc) is 2.85. The predicted octanol–water partition coefficient (Wildman–Crippen LogP) is 6.52. The first kappa shape index (κ1) is 21.0. The molecule has 33 heavy (non-hydrogen) atoms. The molecule has 0 radical (unpaired) electrons. The van der Waals surface area contributed by atoms with Crippen LogP contribution in [0.5, 0.6) is 0 Å². The molecule has 1 aliphatic heterocycles. The molecule has 1 heterocycles. The van der Waals surface area contributed by atoms with Gasteiger partial charge in [0.2, 0.25) is 0 Å². The van der Waals surface area contributed by atoms with E-state index in [-0.39, 0.29) is 0 Å². The number of aromatic nitrogens is 2. The zero-order valence-electron chi connectivity index (χ0n) is 19.4. The molecule has 0 saturated heterocycles. The highest BCUT2D eigenvalue weighted by atomic mass is 15.1. The third-order valence-electron chi connectivity index (χ3n) is 6.12. The Bertz CT molecular complexity index is 1430. The van der Waals surface area contributed by atoms with Crippen LogP contribution in [-0.2, 0) is 0 Å². The summed E-state index contributed by atoms with van der Waals surface area (Å²) in [5.41, 5.74) is 8.46. The Morgan fingerprint density at radius 1 is 0.818 bits per heavy atom. The zero-order chi connectivity index (χ0) is 22.8. The van der Waals surface area contributed by atoms with Gasteiger partial charge in [0.05, 0.1) is 33.5 Å². The lowest BCUT2D eigenvalue weighted by Crippen LogP contribution is -2.22. The smallest absolute Gasteiger partial charge is 0.0882 e. The lowest BCUT2D eigenvalue weighted by Gasteiger charge is -2.24. The fraction of sp³-hybridized carbons (Fsp3) is 0.172. The molecule has 3 aromatic rings. The molecule has 0 fully saturated rings. The van der Waals surface area contributed by atoms with E-state index in [9.17, 15) is 0 Å². The number of aryl methyl sites for hydroxylation is 1. The Kier molecular flexibility index (Phi) is 5.66. The maximum absolute atomic E-state index is 5.04. The molecule has 0 unspecified atom stereocenters. The molecule has 2 aliphatic rings. The van der Waals surface area contributed by atoms with Gasteiger partial charge in [0.1, 0.15) is 0 Å². The highest BCUT2D eigenvalue weighted by molar-refractivity contribution is 5.86. The van der Waals surface area contributed by atoms with Crippen LogP contribution in [0.3, 0.4) is 0 Å². The van der Waals surface area contributed by atoms with E-state index in [0.717, 1.165) is 57.8 Å². The molecule has 0 N–H and O–H groups in total. The van der Waals surface area contributed by atoms with E-state index in [1.54, 1.807) is 0 Å². The zero-order valence-corrected chi connectivity index (χ0v) is 19.4. The SMILES string of the molecule is CCN(CC)c1ccc2nc3cc(C)/c(=N/c4ccccc4)cc-3n(-c3ccccc3)c2c1. The minimum absolute atomic E-state index is 0.948. The number of hydrogen-bond acceptors (Lipinski definition) is 3. The average molecular weight is 433 g/mol. The highest BCUT2D eigenvalue weighted by Crippen LogP contribution is 2.31. The maximum Gasteiger partial charge on any atom is 0.0882 e. The summed E-state index contributed by atoms with van der Waals surface area (Å²) in [5, 5.41) is 0.958. The van der Waals surface area contributed by atoms with Gasteiger partial charge in [-0.3, -0.25) is 0 Å². The topological polar surface area (TPSA) is 33.4 Å². The molecule has 3 aromatic carbocycles. The summed E-state index contributed by atoms with van der Waals surface area (Å²) in [6.07, 6.45) is 0. The van der Waals surface area contributed by atoms with Gasteiger partial charge in [-0.1, -0.05) is 36.4 Å². The van der Waals surface area contributed by atoms with Crippen LogP contribution in [0.15, 0.2) is 96.0 Å². The van der Waals surface area contributed by atoms with Gasteiger partial charge in [0.25, 0.3) is 0 Å². The number of hydrogen-bond donors (Lipinski definition) is 0. The summed E-state index contributed by atoms with van der Waals surface area (Å²) < 4.78 is 2.31. The second kappa shape index (κ2) is 8.91. The Morgan fingerprint density at radius 3 is 2.21 bits per heavy atom. The third-order valence-corrected chi connectivity index (χ3v) is 6.12. The van der Waals surface area contributed by atoms with Gasteiger partial charge in [-0.15, -0.1) is 0 Å². The lowest BCUT2D eigenvalue weighted by molar-refractivity contribution is 0.866. The normalized spacial score (nSPS) is 11.9. The van der Waals surface area contributed by atoms with E-state index in [2.05, 4.69) is 90.9 Å². The van der Waals surface area contributed by atoms with Crippen molar-refractivity contribution in [2.45, 2.75) is 20.8 Å². The summed E-state index contributed by atoms with van der Waals surface area (Å²) in [7, 11) is 0. The van der Waals surface area contributed by atoms with E-state index in [0.29, 0.717) is 0 Å². The molecule has 164 valence electrons. The van der Waals surface area contributed by atoms with Crippen molar-refractivity contribution in [3.05, 3.63) is 102 Å². The van der Waals surface area contributed by atoms with Crippen molar-refractivity contribution in [2.75, 3.05) is 18.0 Å². The minimum atomic E-state index is 0.948. The van der Waals surface area contributed by atoms with Gasteiger partial charge in [-0.2, -0.15) is 0 Å². The largest absolute Gasteiger partial charge is 0.372 e. The van der Waals surface area contributed by atoms with Gasteiger partial charge in [-0.05, 0) is 80.9 Å². The molecular formula is C29H28N4. The van der Waals surface area contributed by atoms with Crippen molar-refractivity contribution in [3.8, 4) is 17.1 Å². The first-order valence-corrected chi connectivity index (χ1v) is 11.5. The van der Waals surface area contributed by atoms with Gasteiger partial charge in [-0.25, -0.2) is 9.98 Å². The summed E-state index contributed by atoms with van der Waals surface area (Å²) in [6.45, 7) is 8.42. The Balaban J connectivity index is 1.86. The first-order valence-electron chi connectivity index (χ1n) is 11.5.